The highest BCUT2D eigenvalue weighted by Gasteiger charge is 2.27. The number of nitrogens with zero attached hydrogens (tertiary/aromatic N) is 1. The molecule has 0 radical (unpaired) electrons. The first kappa shape index (κ1) is 19.1. The Kier molecular flexibility index (Phi) is 7.92. The van der Waals surface area contributed by atoms with Crippen LogP contribution in [0.2, 0.25) is 0 Å². The zero-order chi connectivity index (χ0) is 17.4. The number of urea groups is 1. The second-order valence-corrected chi connectivity index (χ2v) is 7.27. The van der Waals surface area contributed by atoms with Crippen LogP contribution in [0.25, 0.3) is 0 Å². The van der Waals surface area contributed by atoms with E-state index in [0.717, 1.165) is 30.0 Å². The molecule has 1 fully saturated rings. The molecule has 0 aliphatic carbocycles. The van der Waals surface area contributed by atoms with Gasteiger partial charge in [0.05, 0.1) is 5.69 Å². The molecule has 1 unspecified atom stereocenters. The van der Waals surface area contributed by atoms with Gasteiger partial charge in [-0.2, -0.15) is 0 Å². The van der Waals surface area contributed by atoms with Crippen molar-refractivity contribution < 1.29 is 4.79 Å². The highest BCUT2D eigenvalue weighted by molar-refractivity contribution is 7.98. The number of amides is 2. The Labute approximate surface area is 150 Å². The number of para-hydroxylation sites is 1. The van der Waals surface area contributed by atoms with Crippen LogP contribution in [0.3, 0.4) is 0 Å². The van der Waals surface area contributed by atoms with Crippen molar-refractivity contribution in [1.29, 1.82) is 0 Å². The molecule has 1 saturated heterocycles. The topological polar surface area (TPSA) is 44.4 Å². The molecular formula is C19H31N3OS. The molecule has 2 N–H and O–H groups in total. The molecule has 1 atom stereocenters. The predicted molar refractivity (Wildman–Crippen MR) is 104 cm³/mol. The summed E-state index contributed by atoms with van der Waals surface area (Å²) in [5.41, 5.74) is 0.878. The van der Waals surface area contributed by atoms with E-state index in [4.69, 9.17) is 0 Å². The summed E-state index contributed by atoms with van der Waals surface area (Å²) in [7, 11) is 0. The molecule has 0 aromatic heterocycles. The average Bonchev–Trinajstić information content (AvgIpc) is 3.13. The lowest BCUT2D eigenvalue weighted by Gasteiger charge is -2.33. The minimum Gasteiger partial charge on any atom is -0.336 e. The lowest BCUT2D eigenvalue weighted by molar-refractivity contribution is 0.163. The summed E-state index contributed by atoms with van der Waals surface area (Å²) < 4.78 is 0. The van der Waals surface area contributed by atoms with Crippen molar-refractivity contribution in [2.75, 3.05) is 31.2 Å². The molecule has 0 saturated carbocycles. The van der Waals surface area contributed by atoms with Gasteiger partial charge in [-0.1, -0.05) is 38.8 Å². The van der Waals surface area contributed by atoms with Crippen molar-refractivity contribution >= 4 is 23.5 Å². The maximum absolute atomic E-state index is 12.3. The Morgan fingerprint density at radius 3 is 2.50 bits per heavy atom. The van der Waals surface area contributed by atoms with Crippen molar-refractivity contribution in [1.82, 2.24) is 10.2 Å². The lowest BCUT2D eigenvalue weighted by Crippen LogP contribution is -2.47. The van der Waals surface area contributed by atoms with Gasteiger partial charge < -0.3 is 10.6 Å². The fourth-order valence-corrected chi connectivity index (χ4v) is 4.17. The molecule has 4 nitrogen and oxygen atoms in total. The van der Waals surface area contributed by atoms with E-state index in [2.05, 4.69) is 29.4 Å². The van der Waals surface area contributed by atoms with Crippen LogP contribution < -0.4 is 10.6 Å². The van der Waals surface area contributed by atoms with Gasteiger partial charge in [-0.25, -0.2) is 4.79 Å². The number of rotatable bonds is 8. The second kappa shape index (κ2) is 9.94. The predicted octanol–water partition coefficient (Wildman–Crippen LogP) is 4.43. The van der Waals surface area contributed by atoms with Crippen molar-refractivity contribution in [3.05, 3.63) is 24.3 Å². The van der Waals surface area contributed by atoms with Gasteiger partial charge in [-0.3, -0.25) is 4.90 Å². The fourth-order valence-electron chi connectivity index (χ4n) is 3.61. The number of nitrogens with one attached hydrogen (secondary N) is 2. The molecule has 1 heterocycles. The van der Waals surface area contributed by atoms with Gasteiger partial charge in [0.25, 0.3) is 0 Å². The van der Waals surface area contributed by atoms with Gasteiger partial charge in [0, 0.05) is 17.5 Å². The molecule has 0 spiro atoms. The van der Waals surface area contributed by atoms with Crippen LogP contribution in [-0.2, 0) is 0 Å². The fraction of sp³-hybridized carbons (Fsp3) is 0.632. The Balaban J connectivity index is 1.93. The number of anilines is 1. The van der Waals surface area contributed by atoms with Gasteiger partial charge in [0.15, 0.2) is 0 Å². The molecule has 1 aromatic rings. The normalized spacial score (nSPS) is 16.3. The average molecular weight is 350 g/mol. The van der Waals surface area contributed by atoms with E-state index in [0.29, 0.717) is 12.0 Å². The first-order valence-electron chi connectivity index (χ1n) is 9.11. The van der Waals surface area contributed by atoms with Crippen molar-refractivity contribution in [2.45, 2.75) is 50.5 Å². The molecule has 2 rings (SSSR count). The number of likely N-dealkylation sites (tertiary alicyclic amines) is 1. The van der Waals surface area contributed by atoms with Crippen LogP contribution in [0.4, 0.5) is 10.5 Å². The van der Waals surface area contributed by atoms with Gasteiger partial charge >= 0.3 is 6.03 Å². The van der Waals surface area contributed by atoms with Gasteiger partial charge in [0.1, 0.15) is 0 Å². The monoisotopic (exact) mass is 349 g/mol. The van der Waals surface area contributed by atoms with Crippen LogP contribution in [0.15, 0.2) is 29.2 Å². The van der Waals surface area contributed by atoms with Crippen molar-refractivity contribution in [3.8, 4) is 0 Å². The molecule has 1 aliphatic heterocycles. The zero-order valence-electron chi connectivity index (χ0n) is 15.2. The largest absolute Gasteiger partial charge is 0.336 e. The molecule has 1 aliphatic rings. The van der Waals surface area contributed by atoms with E-state index in [1.807, 2.05) is 30.5 Å². The summed E-state index contributed by atoms with van der Waals surface area (Å²) in [6.45, 7) is 7.57. The Morgan fingerprint density at radius 1 is 1.21 bits per heavy atom. The van der Waals surface area contributed by atoms with E-state index < -0.39 is 0 Å². The molecule has 134 valence electrons. The quantitative estimate of drug-likeness (QED) is 0.682. The van der Waals surface area contributed by atoms with Crippen molar-refractivity contribution in [2.24, 2.45) is 5.92 Å². The number of hydrogen-bond acceptors (Lipinski definition) is 3. The summed E-state index contributed by atoms with van der Waals surface area (Å²) in [6, 6.07) is 8.26. The van der Waals surface area contributed by atoms with E-state index in [9.17, 15) is 4.79 Å². The molecular weight excluding hydrogens is 318 g/mol. The molecule has 0 bridgehead atoms. The van der Waals surface area contributed by atoms with Crippen LogP contribution in [0, 0.1) is 5.92 Å². The van der Waals surface area contributed by atoms with E-state index in [1.54, 1.807) is 11.8 Å². The number of thioether (sulfide) groups is 1. The third kappa shape index (κ3) is 5.15. The molecule has 24 heavy (non-hydrogen) atoms. The highest BCUT2D eigenvalue weighted by atomic mass is 32.2. The summed E-state index contributed by atoms with van der Waals surface area (Å²) in [5, 5.41) is 6.10. The van der Waals surface area contributed by atoms with Crippen LogP contribution in [0.5, 0.6) is 0 Å². The minimum absolute atomic E-state index is 0.105. The van der Waals surface area contributed by atoms with Crippen LogP contribution in [0.1, 0.15) is 39.5 Å². The van der Waals surface area contributed by atoms with E-state index >= 15 is 0 Å². The number of carbonyl (C=O) groups is 1. The number of hydrogen-bond donors (Lipinski definition) is 2. The SMILES string of the molecule is CCC(CC)C(CNC(=O)Nc1ccccc1SC)N1CCCC1. The maximum Gasteiger partial charge on any atom is 0.319 e. The summed E-state index contributed by atoms with van der Waals surface area (Å²) in [6.07, 6.45) is 6.91. The standard InChI is InChI=1S/C19H31N3OS/c1-4-15(5-2)17(22-12-8-9-13-22)14-20-19(23)21-16-10-6-7-11-18(16)24-3/h6-7,10-11,15,17H,4-5,8-9,12-14H2,1-3H3,(H2,20,21,23). The Hall–Kier alpha value is -1.20. The zero-order valence-corrected chi connectivity index (χ0v) is 16.0. The number of carbonyl (C=O) groups excluding carboxylic acids is 1. The summed E-state index contributed by atoms with van der Waals surface area (Å²) in [5.74, 6) is 0.641. The smallest absolute Gasteiger partial charge is 0.319 e. The minimum atomic E-state index is -0.105. The maximum atomic E-state index is 12.3. The van der Waals surface area contributed by atoms with Gasteiger partial charge in [0.2, 0.25) is 0 Å². The summed E-state index contributed by atoms with van der Waals surface area (Å²) in [4.78, 5) is 16.0. The third-order valence-corrected chi connectivity index (χ3v) is 5.83. The van der Waals surface area contributed by atoms with Crippen LogP contribution >= 0.6 is 11.8 Å². The first-order chi connectivity index (χ1) is 11.7. The van der Waals surface area contributed by atoms with Gasteiger partial charge in [-0.15, -0.1) is 11.8 Å². The Morgan fingerprint density at radius 2 is 1.88 bits per heavy atom. The van der Waals surface area contributed by atoms with Gasteiger partial charge in [-0.05, 0) is 50.2 Å². The Bertz CT molecular complexity index is 511. The number of benzene rings is 1. The molecule has 5 heteroatoms. The highest BCUT2D eigenvalue weighted by Crippen LogP contribution is 2.25. The summed E-state index contributed by atoms with van der Waals surface area (Å²) >= 11 is 1.64. The van der Waals surface area contributed by atoms with Crippen LogP contribution in [-0.4, -0.2) is 42.9 Å². The second-order valence-electron chi connectivity index (χ2n) is 6.42. The molecule has 1 aromatic carbocycles. The first-order valence-corrected chi connectivity index (χ1v) is 10.3. The molecule has 2 amide bonds. The third-order valence-electron chi connectivity index (χ3n) is 5.03. The van der Waals surface area contributed by atoms with E-state index in [-0.39, 0.29) is 6.03 Å². The van der Waals surface area contributed by atoms with Crippen molar-refractivity contribution in [3.63, 3.8) is 0 Å². The van der Waals surface area contributed by atoms with E-state index in [1.165, 1.54) is 25.9 Å². The lowest BCUT2D eigenvalue weighted by atomic mass is 9.93.